The minimum absolute atomic E-state index is 0.138. The van der Waals surface area contributed by atoms with Crippen LogP contribution in [0.1, 0.15) is 29.7 Å². The van der Waals surface area contributed by atoms with E-state index in [-0.39, 0.29) is 17.8 Å². The second-order valence-electron chi connectivity index (χ2n) is 8.69. The molecule has 3 aromatic carbocycles. The molecule has 1 aliphatic heterocycles. The molecule has 1 amide bonds. The Morgan fingerprint density at radius 3 is 2.51 bits per heavy atom. The van der Waals surface area contributed by atoms with Crippen molar-refractivity contribution < 1.29 is 9.18 Å². The molecule has 2 heterocycles. The number of halogens is 1. The van der Waals surface area contributed by atoms with Crippen molar-refractivity contribution in [2.24, 2.45) is 5.92 Å². The standard InChI is InChI=1S/C27H26FN5OS/c1-17-8-6-7-9-20(17)16-35-27-31-26-29-18(2)23(25(34)30-22-10-4-3-5-11-22)24(33(26)32-27)19-12-14-21(28)15-13-19/h3-15,18,23-24H,16H2,1-2H3,(H,30,34)(H,29,31,32)/t18-,23+,24-/m1/s1. The van der Waals surface area contributed by atoms with Gasteiger partial charge in [0.25, 0.3) is 0 Å². The van der Waals surface area contributed by atoms with E-state index < -0.39 is 12.0 Å². The van der Waals surface area contributed by atoms with Gasteiger partial charge in [0.15, 0.2) is 0 Å². The lowest BCUT2D eigenvalue weighted by Crippen LogP contribution is -2.46. The van der Waals surface area contributed by atoms with E-state index in [0.29, 0.717) is 11.1 Å². The molecule has 0 radical (unpaired) electrons. The highest BCUT2D eigenvalue weighted by molar-refractivity contribution is 7.98. The first-order chi connectivity index (χ1) is 17.0. The van der Waals surface area contributed by atoms with E-state index in [2.05, 4.69) is 29.7 Å². The van der Waals surface area contributed by atoms with Crippen molar-refractivity contribution in [3.05, 3.63) is 101 Å². The minimum Gasteiger partial charge on any atom is -0.351 e. The molecule has 0 bridgehead atoms. The van der Waals surface area contributed by atoms with Gasteiger partial charge in [0, 0.05) is 17.5 Å². The molecule has 2 N–H and O–H groups in total. The first-order valence-corrected chi connectivity index (χ1v) is 12.5. The third-order valence-corrected chi connectivity index (χ3v) is 7.17. The Morgan fingerprint density at radius 1 is 1.06 bits per heavy atom. The zero-order valence-corrected chi connectivity index (χ0v) is 20.3. The van der Waals surface area contributed by atoms with Crippen molar-refractivity contribution >= 4 is 29.3 Å². The topological polar surface area (TPSA) is 71.8 Å². The number of hydrogen-bond donors (Lipinski definition) is 2. The first kappa shape index (κ1) is 23.1. The van der Waals surface area contributed by atoms with Crippen molar-refractivity contribution in [3.63, 3.8) is 0 Å². The van der Waals surface area contributed by atoms with Crippen LogP contribution < -0.4 is 10.6 Å². The Kier molecular flexibility index (Phi) is 6.55. The summed E-state index contributed by atoms with van der Waals surface area (Å²) in [7, 11) is 0. The number of fused-ring (bicyclic) bond motifs is 1. The fourth-order valence-electron chi connectivity index (χ4n) is 4.42. The van der Waals surface area contributed by atoms with Gasteiger partial charge in [0.2, 0.25) is 17.0 Å². The van der Waals surface area contributed by atoms with Crippen molar-refractivity contribution in [1.29, 1.82) is 0 Å². The number of aryl methyl sites for hydroxylation is 1. The second-order valence-corrected chi connectivity index (χ2v) is 9.63. The molecular formula is C27H26FN5OS. The van der Waals surface area contributed by atoms with Gasteiger partial charge in [-0.15, -0.1) is 5.10 Å². The lowest BCUT2D eigenvalue weighted by atomic mass is 9.85. The molecule has 178 valence electrons. The number of para-hydroxylation sites is 1. The maximum absolute atomic E-state index is 13.7. The number of carbonyl (C=O) groups is 1. The van der Waals surface area contributed by atoms with Crippen LogP contribution in [0.5, 0.6) is 0 Å². The van der Waals surface area contributed by atoms with E-state index in [1.165, 1.54) is 23.3 Å². The van der Waals surface area contributed by atoms with Gasteiger partial charge >= 0.3 is 0 Å². The number of benzene rings is 3. The highest BCUT2D eigenvalue weighted by atomic mass is 32.2. The predicted molar refractivity (Wildman–Crippen MR) is 137 cm³/mol. The van der Waals surface area contributed by atoms with Crippen LogP contribution in [-0.2, 0) is 10.5 Å². The molecule has 35 heavy (non-hydrogen) atoms. The van der Waals surface area contributed by atoms with Gasteiger partial charge < -0.3 is 10.6 Å². The smallest absolute Gasteiger partial charge is 0.232 e. The molecule has 1 aliphatic rings. The van der Waals surface area contributed by atoms with E-state index in [9.17, 15) is 9.18 Å². The fraction of sp³-hybridized carbons (Fsp3) is 0.222. The molecule has 6 nitrogen and oxygen atoms in total. The van der Waals surface area contributed by atoms with Gasteiger partial charge in [-0.2, -0.15) is 4.98 Å². The number of amides is 1. The van der Waals surface area contributed by atoms with Gasteiger partial charge in [-0.1, -0.05) is 66.4 Å². The zero-order chi connectivity index (χ0) is 24.4. The summed E-state index contributed by atoms with van der Waals surface area (Å²) in [6.45, 7) is 4.05. The summed E-state index contributed by atoms with van der Waals surface area (Å²) < 4.78 is 15.5. The SMILES string of the molecule is Cc1ccccc1CSc1nc2n(n1)[C@H](c1ccc(F)cc1)[C@@H](C(=O)Nc1ccccc1)[C@@H](C)N2. The molecule has 4 aromatic rings. The maximum Gasteiger partial charge on any atom is 0.232 e. The number of nitrogens with zero attached hydrogens (tertiary/aromatic N) is 3. The molecular weight excluding hydrogens is 461 g/mol. The average molecular weight is 488 g/mol. The number of nitrogens with one attached hydrogen (secondary N) is 2. The summed E-state index contributed by atoms with van der Waals surface area (Å²) in [4.78, 5) is 18.2. The maximum atomic E-state index is 13.7. The number of thioether (sulfide) groups is 1. The second kappa shape index (κ2) is 9.92. The van der Waals surface area contributed by atoms with Crippen LogP contribution in [0.4, 0.5) is 16.0 Å². The predicted octanol–water partition coefficient (Wildman–Crippen LogP) is 5.68. The van der Waals surface area contributed by atoms with Gasteiger partial charge in [0.05, 0.1) is 12.0 Å². The lowest BCUT2D eigenvalue weighted by molar-refractivity contribution is -0.121. The Hall–Kier alpha value is -3.65. The van der Waals surface area contributed by atoms with E-state index in [4.69, 9.17) is 10.1 Å². The Morgan fingerprint density at radius 2 is 1.77 bits per heavy atom. The normalized spacial score (nSPS) is 19.0. The van der Waals surface area contributed by atoms with Gasteiger partial charge in [0.1, 0.15) is 5.82 Å². The number of rotatable bonds is 6. The van der Waals surface area contributed by atoms with Crippen molar-refractivity contribution in [2.75, 3.05) is 10.6 Å². The Balaban J connectivity index is 1.48. The average Bonchev–Trinajstić information content (AvgIpc) is 3.26. The summed E-state index contributed by atoms with van der Waals surface area (Å²) in [5.41, 5.74) is 3.97. The molecule has 0 fully saturated rings. The van der Waals surface area contributed by atoms with Crippen LogP contribution in [0.15, 0.2) is 84.0 Å². The first-order valence-electron chi connectivity index (χ1n) is 11.5. The molecule has 0 spiro atoms. The summed E-state index contributed by atoms with van der Waals surface area (Å²) in [5, 5.41) is 11.8. The van der Waals surface area contributed by atoms with Crippen LogP contribution in [0, 0.1) is 18.7 Å². The molecule has 3 atom stereocenters. The van der Waals surface area contributed by atoms with Gasteiger partial charge in [-0.05, 0) is 54.8 Å². The third kappa shape index (κ3) is 4.93. The quantitative estimate of drug-likeness (QED) is 0.343. The summed E-state index contributed by atoms with van der Waals surface area (Å²) in [5.74, 6) is 0.382. The molecule has 8 heteroatoms. The van der Waals surface area contributed by atoms with Gasteiger partial charge in [-0.3, -0.25) is 4.79 Å². The lowest BCUT2D eigenvalue weighted by Gasteiger charge is -2.36. The van der Waals surface area contributed by atoms with Crippen LogP contribution in [-0.4, -0.2) is 26.7 Å². The van der Waals surface area contributed by atoms with E-state index in [1.54, 1.807) is 28.6 Å². The number of carbonyl (C=O) groups excluding carboxylic acids is 1. The Bertz CT molecular complexity index is 1330. The zero-order valence-electron chi connectivity index (χ0n) is 19.5. The fourth-order valence-corrected chi connectivity index (χ4v) is 5.32. The summed E-state index contributed by atoms with van der Waals surface area (Å²) in [6.07, 6.45) is 0. The van der Waals surface area contributed by atoms with Crippen molar-refractivity contribution in [3.8, 4) is 0 Å². The highest BCUT2D eigenvalue weighted by Gasteiger charge is 2.42. The third-order valence-electron chi connectivity index (χ3n) is 6.28. The number of anilines is 2. The largest absolute Gasteiger partial charge is 0.351 e. The number of hydrogen-bond acceptors (Lipinski definition) is 5. The molecule has 0 unspecified atom stereocenters. The molecule has 0 saturated heterocycles. The summed E-state index contributed by atoms with van der Waals surface area (Å²) >= 11 is 1.55. The van der Waals surface area contributed by atoms with E-state index in [0.717, 1.165) is 17.0 Å². The van der Waals surface area contributed by atoms with Crippen LogP contribution in [0.3, 0.4) is 0 Å². The van der Waals surface area contributed by atoms with E-state index >= 15 is 0 Å². The number of aromatic nitrogens is 3. The van der Waals surface area contributed by atoms with Crippen LogP contribution >= 0.6 is 11.8 Å². The minimum atomic E-state index is -0.496. The monoisotopic (exact) mass is 487 g/mol. The van der Waals surface area contributed by atoms with Crippen molar-refractivity contribution in [1.82, 2.24) is 14.8 Å². The Labute approximate surface area is 208 Å². The highest BCUT2D eigenvalue weighted by Crippen LogP contribution is 2.38. The van der Waals surface area contributed by atoms with Crippen LogP contribution in [0.25, 0.3) is 0 Å². The van der Waals surface area contributed by atoms with Gasteiger partial charge in [-0.25, -0.2) is 9.07 Å². The van der Waals surface area contributed by atoms with Crippen LogP contribution in [0.2, 0.25) is 0 Å². The summed E-state index contributed by atoms with van der Waals surface area (Å²) in [6, 6.07) is 23.2. The molecule has 5 rings (SSSR count). The van der Waals surface area contributed by atoms with E-state index in [1.807, 2.05) is 49.4 Å². The molecule has 1 aromatic heterocycles. The molecule has 0 aliphatic carbocycles. The van der Waals surface area contributed by atoms with Crippen molar-refractivity contribution in [2.45, 2.75) is 36.8 Å². The molecule has 0 saturated carbocycles.